The van der Waals surface area contributed by atoms with E-state index in [1.165, 1.54) is 17.9 Å². The van der Waals surface area contributed by atoms with Gasteiger partial charge in [0.05, 0.1) is 14.2 Å². The topological polar surface area (TPSA) is 108 Å². The Morgan fingerprint density at radius 3 is 2.68 bits per heavy atom. The van der Waals surface area contributed by atoms with Crippen molar-refractivity contribution in [3.8, 4) is 34.3 Å². The van der Waals surface area contributed by atoms with Crippen LogP contribution in [0.2, 0.25) is 5.02 Å². The lowest BCUT2D eigenvalue weighted by Gasteiger charge is -2.10. The first-order valence-electron chi connectivity index (χ1n) is 10.2. The molecule has 0 unspecified atom stereocenters. The van der Waals surface area contributed by atoms with Crippen LogP contribution in [0, 0.1) is 6.92 Å². The molecule has 0 aliphatic rings. The van der Waals surface area contributed by atoms with E-state index in [0.717, 1.165) is 5.56 Å². The van der Waals surface area contributed by atoms with Gasteiger partial charge in [0.25, 0.3) is 11.4 Å². The number of hydrogen-bond donors (Lipinski definition) is 1. The minimum atomic E-state index is -0.442. The molecule has 2 aromatic carbocycles. The average Bonchev–Trinajstić information content (AvgIpc) is 3.32. The lowest BCUT2D eigenvalue weighted by atomic mass is 10.2. The van der Waals surface area contributed by atoms with E-state index in [1.807, 2.05) is 6.92 Å². The van der Waals surface area contributed by atoms with Gasteiger partial charge in [-0.05, 0) is 55.0 Å². The standard InChI is InChI=1S/C24H21ClN4O5/c1-14-6-8-16(25)12-18(14)26-21(30)13-29-10-4-5-17(24(29)31)23-27-22(28-34-23)15-7-9-19(32-2)20(11-15)33-3/h4-12H,13H2,1-3H3,(H,26,30). The molecular formula is C24H21ClN4O5. The smallest absolute Gasteiger partial charge is 0.263 e. The second-order valence-corrected chi connectivity index (χ2v) is 7.79. The molecule has 0 aliphatic carbocycles. The summed E-state index contributed by atoms with van der Waals surface area (Å²) in [5.74, 6) is 1.01. The van der Waals surface area contributed by atoms with Gasteiger partial charge >= 0.3 is 0 Å². The molecule has 34 heavy (non-hydrogen) atoms. The van der Waals surface area contributed by atoms with Crippen LogP contribution in [0.4, 0.5) is 5.69 Å². The van der Waals surface area contributed by atoms with Crippen molar-refractivity contribution in [1.29, 1.82) is 0 Å². The highest BCUT2D eigenvalue weighted by molar-refractivity contribution is 6.31. The van der Waals surface area contributed by atoms with Crippen molar-refractivity contribution in [1.82, 2.24) is 14.7 Å². The maximum absolute atomic E-state index is 13.0. The van der Waals surface area contributed by atoms with Gasteiger partial charge in [-0.3, -0.25) is 9.59 Å². The SMILES string of the molecule is COc1ccc(-c2noc(-c3cccn(CC(=O)Nc4cc(Cl)ccc4C)c3=O)n2)cc1OC. The van der Waals surface area contributed by atoms with Gasteiger partial charge < -0.3 is 23.9 Å². The Labute approximate surface area is 199 Å². The highest BCUT2D eigenvalue weighted by Gasteiger charge is 2.17. The van der Waals surface area contributed by atoms with E-state index in [9.17, 15) is 9.59 Å². The highest BCUT2D eigenvalue weighted by Crippen LogP contribution is 2.31. The normalized spacial score (nSPS) is 10.7. The van der Waals surface area contributed by atoms with Crippen LogP contribution in [0.3, 0.4) is 0 Å². The molecule has 0 radical (unpaired) electrons. The van der Waals surface area contributed by atoms with Gasteiger partial charge in [0.2, 0.25) is 11.7 Å². The summed E-state index contributed by atoms with van der Waals surface area (Å²) in [5, 5.41) is 7.25. The van der Waals surface area contributed by atoms with Crippen LogP contribution in [-0.4, -0.2) is 34.8 Å². The number of halogens is 1. The number of carbonyl (C=O) groups excluding carboxylic acids is 1. The van der Waals surface area contributed by atoms with Crippen molar-refractivity contribution in [2.75, 3.05) is 19.5 Å². The van der Waals surface area contributed by atoms with E-state index in [2.05, 4.69) is 15.5 Å². The van der Waals surface area contributed by atoms with Crippen molar-refractivity contribution in [3.63, 3.8) is 0 Å². The van der Waals surface area contributed by atoms with Crippen molar-refractivity contribution in [3.05, 3.63) is 75.7 Å². The number of aromatic nitrogens is 3. The Kier molecular flexibility index (Phi) is 6.65. The second kappa shape index (κ2) is 9.80. The molecule has 2 aromatic heterocycles. The summed E-state index contributed by atoms with van der Waals surface area (Å²) in [6.07, 6.45) is 1.52. The van der Waals surface area contributed by atoms with E-state index >= 15 is 0 Å². The number of anilines is 1. The van der Waals surface area contributed by atoms with Crippen LogP contribution in [-0.2, 0) is 11.3 Å². The van der Waals surface area contributed by atoms with Crippen molar-refractivity contribution >= 4 is 23.2 Å². The number of hydrogen-bond acceptors (Lipinski definition) is 7. The Hall–Kier alpha value is -4.11. The first-order chi connectivity index (χ1) is 16.4. The van der Waals surface area contributed by atoms with E-state index < -0.39 is 5.56 Å². The van der Waals surface area contributed by atoms with Crippen LogP contribution in [0.25, 0.3) is 22.8 Å². The third kappa shape index (κ3) is 4.79. The number of methoxy groups -OCH3 is 2. The molecule has 1 N–H and O–H groups in total. The van der Waals surface area contributed by atoms with Gasteiger partial charge in [0, 0.05) is 22.5 Å². The molecule has 174 valence electrons. The molecule has 0 bridgehead atoms. The molecular weight excluding hydrogens is 460 g/mol. The molecule has 4 rings (SSSR count). The minimum Gasteiger partial charge on any atom is -0.493 e. The fraction of sp³-hybridized carbons (Fsp3) is 0.167. The molecule has 0 aliphatic heterocycles. The molecule has 0 saturated heterocycles. The van der Waals surface area contributed by atoms with Gasteiger partial charge in [0.15, 0.2) is 11.5 Å². The van der Waals surface area contributed by atoms with Crippen molar-refractivity contribution in [2.24, 2.45) is 0 Å². The zero-order chi connectivity index (χ0) is 24.2. The molecule has 9 nitrogen and oxygen atoms in total. The summed E-state index contributed by atoms with van der Waals surface area (Å²) < 4.78 is 17.2. The predicted molar refractivity (Wildman–Crippen MR) is 127 cm³/mol. The zero-order valence-corrected chi connectivity index (χ0v) is 19.4. The van der Waals surface area contributed by atoms with Crippen molar-refractivity contribution in [2.45, 2.75) is 13.5 Å². The number of pyridine rings is 1. The van der Waals surface area contributed by atoms with Crippen molar-refractivity contribution < 1.29 is 18.8 Å². The lowest BCUT2D eigenvalue weighted by molar-refractivity contribution is -0.116. The third-order valence-corrected chi connectivity index (χ3v) is 5.34. The van der Waals surface area contributed by atoms with Crippen LogP contribution in [0.15, 0.2) is 64.0 Å². The van der Waals surface area contributed by atoms with E-state index in [4.69, 9.17) is 25.6 Å². The van der Waals surface area contributed by atoms with E-state index in [1.54, 1.807) is 55.6 Å². The highest BCUT2D eigenvalue weighted by atomic mass is 35.5. The van der Waals surface area contributed by atoms with Crippen LogP contribution in [0.5, 0.6) is 11.5 Å². The summed E-state index contributed by atoms with van der Waals surface area (Å²) in [6, 6.07) is 13.6. The maximum atomic E-state index is 13.0. The number of benzene rings is 2. The molecule has 4 aromatic rings. The Morgan fingerprint density at radius 2 is 1.91 bits per heavy atom. The van der Waals surface area contributed by atoms with Gasteiger partial charge in [-0.25, -0.2) is 0 Å². The van der Waals surface area contributed by atoms with E-state index in [-0.39, 0.29) is 29.7 Å². The van der Waals surface area contributed by atoms with Gasteiger partial charge in [-0.15, -0.1) is 0 Å². The summed E-state index contributed by atoms with van der Waals surface area (Å²) in [5.41, 5.74) is 1.79. The quantitative estimate of drug-likeness (QED) is 0.422. The number of amides is 1. The molecule has 0 fully saturated rings. The fourth-order valence-corrected chi connectivity index (χ4v) is 3.50. The molecule has 0 atom stereocenters. The Morgan fingerprint density at radius 1 is 1.12 bits per heavy atom. The molecule has 0 spiro atoms. The van der Waals surface area contributed by atoms with Crippen LogP contribution in [0.1, 0.15) is 5.56 Å². The number of nitrogens with one attached hydrogen (secondary N) is 1. The monoisotopic (exact) mass is 480 g/mol. The fourth-order valence-electron chi connectivity index (χ4n) is 3.32. The molecule has 10 heteroatoms. The maximum Gasteiger partial charge on any atom is 0.263 e. The Bertz CT molecular complexity index is 1410. The predicted octanol–water partition coefficient (Wildman–Crippen LogP) is 4.18. The lowest BCUT2D eigenvalue weighted by Crippen LogP contribution is -2.28. The van der Waals surface area contributed by atoms with Crippen LogP contribution < -0.4 is 20.3 Å². The summed E-state index contributed by atoms with van der Waals surface area (Å²) in [4.78, 5) is 29.9. The van der Waals surface area contributed by atoms with Gasteiger partial charge in [-0.2, -0.15) is 4.98 Å². The molecule has 2 heterocycles. The first kappa shape index (κ1) is 23.1. The van der Waals surface area contributed by atoms with Crippen LogP contribution >= 0.6 is 11.6 Å². The summed E-state index contributed by atoms with van der Waals surface area (Å²) >= 11 is 6.01. The first-order valence-corrected chi connectivity index (χ1v) is 10.6. The number of aryl methyl sites for hydroxylation is 1. The Balaban J connectivity index is 1.57. The molecule has 0 saturated carbocycles. The largest absolute Gasteiger partial charge is 0.493 e. The van der Waals surface area contributed by atoms with E-state index in [0.29, 0.717) is 27.8 Å². The minimum absolute atomic E-state index is 0.0372. The number of ether oxygens (including phenoxy) is 2. The second-order valence-electron chi connectivity index (χ2n) is 7.36. The average molecular weight is 481 g/mol. The number of nitrogens with zero attached hydrogens (tertiary/aromatic N) is 3. The van der Waals surface area contributed by atoms with Gasteiger partial charge in [0.1, 0.15) is 12.1 Å². The zero-order valence-electron chi connectivity index (χ0n) is 18.7. The number of carbonyl (C=O) groups is 1. The number of rotatable bonds is 7. The summed E-state index contributed by atoms with van der Waals surface area (Å²) in [7, 11) is 3.07. The van der Waals surface area contributed by atoms with Gasteiger partial charge in [-0.1, -0.05) is 22.8 Å². The third-order valence-electron chi connectivity index (χ3n) is 5.11. The molecule has 1 amide bonds. The summed E-state index contributed by atoms with van der Waals surface area (Å²) in [6.45, 7) is 1.65.